The molecule has 0 amide bonds. The maximum atomic E-state index is 4.16. The van der Waals surface area contributed by atoms with Crippen molar-refractivity contribution in [2.24, 2.45) is 0 Å². The van der Waals surface area contributed by atoms with Crippen LogP contribution in [0.15, 0.2) is 41.4 Å². The Hall–Kier alpha value is -1.36. The van der Waals surface area contributed by atoms with Gasteiger partial charge in [0.1, 0.15) is 0 Å². The van der Waals surface area contributed by atoms with Gasteiger partial charge in [-0.25, -0.2) is 0 Å². The summed E-state index contributed by atoms with van der Waals surface area (Å²) < 4.78 is 2.91. The van der Waals surface area contributed by atoms with Gasteiger partial charge in [-0.3, -0.25) is 9.67 Å². The molecule has 2 rings (SSSR count). The van der Waals surface area contributed by atoms with Crippen LogP contribution in [0.3, 0.4) is 0 Å². The van der Waals surface area contributed by atoms with Crippen molar-refractivity contribution in [2.75, 3.05) is 18.5 Å². The molecule has 0 spiro atoms. The Labute approximate surface area is 103 Å². The number of hydrogen-bond donors (Lipinski definition) is 0. The third-order valence-corrected chi connectivity index (χ3v) is 2.79. The average Bonchev–Trinajstić information content (AvgIpc) is 2.78. The summed E-state index contributed by atoms with van der Waals surface area (Å²) >= 11 is 3.41. The number of anilines is 1. The Morgan fingerprint density at radius 2 is 2.31 bits per heavy atom. The van der Waals surface area contributed by atoms with Gasteiger partial charge in [-0.15, -0.1) is 0 Å². The molecule has 4 nitrogen and oxygen atoms in total. The Bertz CT molecular complexity index is 441. The fourth-order valence-corrected chi connectivity index (χ4v) is 1.78. The van der Waals surface area contributed by atoms with Gasteiger partial charge in [-0.1, -0.05) is 0 Å². The van der Waals surface area contributed by atoms with E-state index in [2.05, 4.69) is 37.0 Å². The molecule has 0 saturated carbocycles. The first kappa shape index (κ1) is 11.1. The molecule has 0 radical (unpaired) electrons. The molecule has 0 N–H and O–H groups in total. The minimum absolute atomic E-state index is 0.871. The Balaban J connectivity index is 1.95. The van der Waals surface area contributed by atoms with Gasteiger partial charge in [0, 0.05) is 36.7 Å². The number of nitrogens with zero attached hydrogens (tertiary/aromatic N) is 4. The summed E-state index contributed by atoms with van der Waals surface area (Å²) in [5.41, 5.74) is 1.10. The molecule has 0 aliphatic heterocycles. The van der Waals surface area contributed by atoms with Crippen LogP contribution in [0.25, 0.3) is 0 Å². The van der Waals surface area contributed by atoms with E-state index in [0.29, 0.717) is 0 Å². The fraction of sp³-hybridized carbons (Fsp3) is 0.273. The average molecular weight is 281 g/mol. The third kappa shape index (κ3) is 2.82. The summed E-state index contributed by atoms with van der Waals surface area (Å²) in [6, 6.07) is 3.98. The molecule has 2 aromatic rings. The van der Waals surface area contributed by atoms with Crippen molar-refractivity contribution in [1.29, 1.82) is 0 Å². The third-order valence-electron chi connectivity index (χ3n) is 2.35. The number of hydrogen-bond acceptors (Lipinski definition) is 3. The van der Waals surface area contributed by atoms with E-state index in [0.717, 1.165) is 23.2 Å². The van der Waals surface area contributed by atoms with Crippen molar-refractivity contribution in [3.8, 4) is 0 Å². The van der Waals surface area contributed by atoms with E-state index in [9.17, 15) is 0 Å². The molecule has 0 aliphatic carbocycles. The van der Waals surface area contributed by atoms with Crippen LogP contribution in [0.4, 0.5) is 5.69 Å². The van der Waals surface area contributed by atoms with Crippen LogP contribution >= 0.6 is 15.9 Å². The lowest BCUT2D eigenvalue weighted by atomic mass is 10.4. The molecule has 0 fully saturated rings. The Morgan fingerprint density at radius 3 is 3.00 bits per heavy atom. The fourth-order valence-electron chi connectivity index (χ4n) is 1.42. The zero-order chi connectivity index (χ0) is 11.4. The van der Waals surface area contributed by atoms with Crippen LogP contribution < -0.4 is 4.90 Å². The Morgan fingerprint density at radius 1 is 1.44 bits per heavy atom. The molecule has 16 heavy (non-hydrogen) atoms. The van der Waals surface area contributed by atoms with Gasteiger partial charge >= 0.3 is 0 Å². The molecule has 2 aromatic heterocycles. The van der Waals surface area contributed by atoms with E-state index < -0.39 is 0 Å². The van der Waals surface area contributed by atoms with E-state index in [1.54, 1.807) is 12.4 Å². The minimum atomic E-state index is 0.871. The van der Waals surface area contributed by atoms with Gasteiger partial charge in [-0.05, 0) is 28.1 Å². The van der Waals surface area contributed by atoms with Crippen LogP contribution in [-0.2, 0) is 6.54 Å². The van der Waals surface area contributed by atoms with Crippen LogP contribution in [0.1, 0.15) is 0 Å². The lowest BCUT2D eigenvalue weighted by molar-refractivity contribution is 0.611. The lowest BCUT2D eigenvalue weighted by Crippen LogP contribution is -2.22. The van der Waals surface area contributed by atoms with Gasteiger partial charge < -0.3 is 4.90 Å². The van der Waals surface area contributed by atoms with E-state index in [-0.39, 0.29) is 0 Å². The molecule has 0 bridgehead atoms. The molecule has 0 unspecified atom stereocenters. The summed E-state index contributed by atoms with van der Waals surface area (Å²) in [7, 11) is 2.05. The lowest BCUT2D eigenvalue weighted by Gasteiger charge is -2.18. The highest BCUT2D eigenvalue weighted by Crippen LogP contribution is 2.16. The molecule has 0 aromatic carbocycles. The second-order valence-corrected chi connectivity index (χ2v) is 4.47. The standard InChI is InChI=1S/C11H13BrN4/c1-15(5-6-16-4-2-3-14-16)11-7-10(12)8-13-9-11/h2-4,7-9H,5-6H2,1H3. The van der Waals surface area contributed by atoms with Crippen molar-refractivity contribution < 1.29 is 0 Å². The summed E-state index contributed by atoms with van der Waals surface area (Å²) in [5, 5.41) is 4.16. The summed E-state index contributed by atoms with van der Waals surface area (Å²) in [4.78, 5) is 6.29. The Kier molecular flexibility index (Phi) is 3.56. The van der Waals surface area contributed by atoms with E-state index in [1.807, 2.05) is 30.2 Å². The molecule has 84 valence electrons. The minimum Gasteiger partial charge on any atom is -0.371 e. The highest BCUT2D eigenvalue weighted by Gasteiger charge is 2.02. The maximum Gasteiger partial charge on any atom is 0.0584 e. The smallest absolute Gasteiger partial charge is 0.0584 e. The highest BCUT2D eigenvalue weighted by atomic mass is 79.9. The molecular formula is C11H13BrN4. The first-order chi connectivity index (χ1) is 7.75. The number of halogens is 1. The van der Waals surface area contributed by atoms with Gasteiger partial charge in [0.2, 0.25) is 0 Å². The first-order valence-corrected chi connectivity index (χ1v) is 5.84. The second-order valence-electron chi connectivity index (χ2n) is 3.55. The van der Waals surface area contributed by atoms with E-state index >= 15 is 0 Å². The largest absolute Gasteiger partial charge is 0.371 e. The number of likely N-dealkylation sites (N-methyl/N-ethyl adjacent to an activating group) is 1. The molecule has 2 heterocycles. The quantitative estimate of drug-likeness (QED) is 0.861. The van der Waals surface area contributed by atoms with Crippen LogP contribution in [0, 0.1) is 0 Å². The number of pyridine rings is 1. The van der Waals surface area contributed by atoms with Gasteiger partial charge in [0.15, 0.2) is 0 Å². The molecule has 0 atom stereocenters. The monoisotopic (exact) mass is 280 g/mol. The predicted octanol–water partition coefficient (Wildman–Crippen LogP) is 2.18. The SMILES string of the molecule is CN(CCn1cccn1)c1cncc(Br)c1. The summed E-state index contributed by atoms with van der Waals surface area (Å²) in [6.45, 7) is 1.77. The van der Waals surface area contributed by atoms with Crippen LogP contribution in [0.2, 0.25) is 0 Å². The van der Waals surface area contributed by atoms with Crippen molar-refractivity contribution in [1.82, 2.24) is 14.8 Å². The topological polar surface area (TPSA) is 34.0 Å². The molecule has 0 saturated heterocycles. The second kappa shape index (κ2) is 5.12. The highest BCUT2D eigenvalue weighted by molar-refractivity contribution is 9.10. The normalized spacial score (nSPS) is 10.4. The predicted molar refractivity (Wildman–Crippen MR) is 67.4 cm³/mol. The van der Waals surface area contributed by atoms with E-state index in [1.165, 1.54) is 0 Å². The van der Waals surface area contributed by atoms with Crippen molar-refractivity contribution in [3.05, 3.63) is 41.4 Å². The van der Waals surface area contributed by atoms with Crippen LogP contribution in [0.5, 0.6) is 0 Å². The number of aromatic nitrogens is 3. The zero-order valence-corrected chi connectivity index (χ0v) is 10.6. The van der Waals surface area contributed by atoms with Gasteiger partial charge in [-0.2, -0.15) is 5.10 Å². The molecule has 0 aliphatic rings. The van der Waals surface area contributed by atoms with Crippen molar-refractivity contribution in [3.63, 3.8) is 0 Å². The molecule has 5 heteroatoms. The maximum absolute atomic E-state index is 4.16. The number of rotatable bonds is 4. The van der Waals surface area contributed by atoms with E-state index in [4.69, 9.17) is 0 Å². The summed E-state index contributed by atoms with van der Waals surface area (Å²) in [6.07, 6.45) is 7.40. The summed E-state index contributed by atoms with van der Waals surface area (Å²) in [5.74, 6) is 0. The first-order valence-electron chi connectivity index (χ1n) is 5.05. The zero-order valence-electron chi connectivity index (χ0n) is 9.05. The van der Waals surface area contributed by atoms with Crippen LogP contribution in [-0.4, -0.2) is 28.4 Å². The van der Waals surface area contributed by atoms with Gasteiger partial charge in [0.05, 0.1) is 18.4 Å². The van der Waals surface area contributed by atoms with Crippen molar-refractivity contribution in [2.45, 2.75) is 6.54 Å². The van der Waals surface area contributed by atoms with Gasteiger partial charge in [0.25, 0.3) is 0 Å². The van der Waals surface area contributed by atoms with Crippen molar-refractivity contribution >= 4 is 21.6 Å². The molecular weight excluding hydrogens is 268 g/mol.